The summed E-state index contributed by atoms with van der Waals surface area (Å²) in [4.78, 5) is 23.4. The van der Waals surface area contributed by atoms with Crippen LogP contribution in [0.25, 0.3) is 0 Å². The van der Waals surface area contributed by atoms with Crippen LogP contribution in [0.5, 0.6) is 0 Å². The molecule has 1 atom stereocenters. The molecule has 0 spiro atoms. The standard InChI is InChI=1S/C6H12N4O2/c1-10(3-2-7)4-5(11)9-6(12)8-4/h4H,2-3,7H2,1H3,(H2,8,9,11,12). The monoisotopic (exact) mass is 172 g/mol. The van der Waals surface area contributed by atoms with Crippen molar-refractivity contribution >= 4 is 11.9 Å². The Hall–Kier alpha value is -1.14. The summed E-state index contributed by atoms with van der Waals surface area (Å²) >= 11 is 0. The van der Waals surface area contributed by atoms with E-state index in [9.17, 15) is 9.59 Å². The molecule has 1 aliphatic heterocycles. The molecule has 3 amide bonds. The third-order valence-electron chi connectivity index (χ3n) is 1.68. The van der Waals surface area contributed by atoms with Gasteiger partial charge < -0.3 is 11.1 Å². The Morgan fingerprint density at radius 1 is 1.58 bits per heavy atom. The fraction of sp³-hybridized carbons (Fsp3) is 0.667. The van der Waals surface area contributed by atoms with E-state index in [2.05, 4.69) is 10.6 Å². The minimum Gasteiger partial charge on any atom is -0.329 e. The minimum atomic E-state index is -0.568. The molecule has 6 heteroatoms. The van der Waals surface area contributed by atoms with Crippen LogP contribution < -0.4 is 16.4 Å². The van der Waals surface area contributed by atoms with Crippen molar-refractivity contribution in [2.24, 2.45) is 5.73 Å². The van der Waals surface area contributed by atoms with E-state index in [0.29, 0.717) is 13.1 Å². The predicted octanol–water partition coefficient (Wildman–Crippen LogP) is -1.96. The Kier molecular flexibility index (Phi) is 2.61. The molecule has 0 aromatic rings. The Morgan fingerprint density at radius 2 is 2.25 bits per heavy atom. The zero-order valence-electron chi connectivity index (χ0n) is 6.83. The van der Waals surface area contributed by atoms with E-state index in [1.807, 2.05) is 0 Å². The number of carbonyl (C=O) groups is 2. The van der Waals surface area contributed by atoms with Crippen LogP contribution in [-0.4, -0.2) is 43.1 Å². The average molecular weight is 172 g/mol. The Balaban J connectivity index is 2.51. The molecule has 1 saturated heterocycles. The van der Waals surface area contributed by atoms with Gasteiger partial charge in [0.25, 0.3) is 5.91 Å². The van der Waals surface area contributed by atoms with E-state index in [0.717, 1.165) is 0 Å². The van der Waals surface area contributed by atoms with Crippen molar-refractivity contribution < 1.29 is 9.59 Å². The van der Waals surface area contributed by atoms with Gasteiger partial charge in [0, 0.05) is 13.1 Å². The molecular weight excluding hydrogens is 160 g/mol. The van der Waals surface area contributed by atoms with E-state index < -0.39 is 12.2 Å². The normalized spacial score (nSPS) is 22.8. The zero-order chi connectivity index (χ0) is 9.14. The highest BCUT2D eigenvalue weighted by molar-refractivity contribution is 6.03. The number of carbonyl (C=O) groups excluding carboxylic acids is 2. The van der Waals surface area contributed by atoms with Crippen LogP contribution in [0.2, 0.25) is 0 Å². The number of urea groups is 1. The SMILES string of the molecule is CN(CCN)C1NC(=O)NC1=O. The van der Waals surface area contributed by atoms with Crippen molar-refractivity contribution in [2.75, 3.05) is 20.1 Å². The number of hydrogen-bond acceptors (Lipinski definition) is 4. The fourth-order valence-corrected chi connectivity index (χ4v) is 1.05. The first-order valence-electron chi connectivity index (χ1n) is 3.67. The Labute approximate surface area is 70.1 Å². The number of imide groups is 1. The molecule has 1 fully saturated rings. The molecule has 0 radical (unpaired) electrons. The van der Waals surface area contributed by atoms with Gasteiger partial charge in [0.15, 0.2) is 6.17 Å². The Morgan fingerprint density at radius 3 is 2.67 bits per heavy atom. The number of amides is 3. The van der Waals surface area contributed by atoms with Gasteiger partial charge in [0.1, 0.15) is 0 Å². The summed E-state index contributed by atoms with van der Waals surface area (Å²) in [5.41, 5.74) is 5.29. The van der Waals surface area contributed by atoms with Crippen LogP contribution in [-0.2, 0) is 4.79 Å². The predicted molar refractivity (Wildman–Crippen MR) is 42.1 cm³/mol. The first-order valence-corrected chi connectivity index (χ1v) is 3.67. The maximum Gasteiger partial charge on any atom is 0.323 e. The highest BCUT2D eigenvalue weighted by Gasteiger charge is 2.31. The molecule has 6 nitrogen and oxygen atoms in total. The second-order valence-corrected chi connectivity index (χ2v) is 2.63. The van der Waals surface area contributed by atoms with Crippen LogP contribution in [0.1, 0.15) is 0 Å². The summed E-state index contributed by atoms with van der Waals surface area (Å²) in [6, 6.07) is -0.450. The summed E-state index contributed by atoms with van der Waals surface area (Å²) in [6.07, 6.45) is -0.568. The van der Waals surface area contributed by atoms with Crippen molar-refractivity contribution in [3.8, 4) is 0 Å². The molecule has 1 unspecified atom stereocenters. The summed E-state index contributed by atoms with van der Waals surface area (Å²) in [5, 5.41) is 4.59. The van der Waals surface area contributed by atoms with Crippen LogP contribution in [0.15, 0.2) is 0 Å². The van der Waals surface area contributed by atoms with E-state index in [4.69, 9.17) is 5.73 Å². The lowest BCUT2D eigenvalue weighted by molar-refractivity contribution is -0.123. The summed E-state index contributed by atoms with van der Waals surface area (Å²) in [6.45, 7) is 1.02. The number of likely N-dealkylation sites (N-methyl/N-ethyl adjacent to an activating group) is 1. The summed E-state index contributed by atoms with van der Waals surface area (Å²) in [7, 11) is 1.72. The number of hydrogen-bond donors (Lipinski definition) is 3. The molecule has 0 aliphatic carbocycles. The first-order chi connectivity index (χ1) is 5.65. The molecule has 4 N–H and O–H groups in total. The Bertz CT molecular complexity index is 206. The summed E-state index contributed by atoms with van der Waals surface area (Å²) in [5.74, 6) is -0.323. The molecule has 0 bridgehead atoms. The fourth-order valence-electron chi connectivity index (χ4n) is 1.05. The van der Waals surface area contributed by atoms with Gasteiger partial charge in [-0.2, -0.15) is 0 Å². The van der Waals surface area contributed by atoms with Gasteiger partial charge >= 0.3 is 6.03 Å². The van der Waals surface area contributed by atoms with E-state index in [1.165, 1.54) is 0 Å². The summed E-state index contributed by atoms with van der Waals surface area (Å²) < 4.78 is 0. The van der Waals surface area contributed by atoms with Gasteiger partial charge in [-0.25, -0.2) is 4.79 Å². The van der Waals surface area contributed by atoms with Crippen LogP contribution in [0.3, 0.4) is 0 Å². The van der Waals surface area contributed by atoms with Crippen LogP contribution in [0.4, 0.5) is 4.79 Å². The van der Waals surface area contributed by atoms with Gasteiger partial charge in [-0.3, -0.25) is 15.0 Å². The lowest BCUT2D eigenvalue weighted by Gasteiger charge is -2.20. The maximum atomic E-state index is 11.0. The minimum absolute atomic E-state index is 0.323. The van der Waals surface area contributed by atoms with Gasteiger partial charge in [0.2, 0.25) is 0 Å². The van der Waals surface area contributed by atoms with Crippen molar-refractivity contribution in [3.63, 3.8) is 0 Å². The van der Waals surface area contributed by atoms with E-state index in [-0.39, 0.29) is 5.91 Å². The molecule has 0 saturated carbocycles. The van der Waals surface area contributed by atoms with Gasteiger partial charge in [-0.15, -0.1) is 0 Å². The second kappa shape index (κ2) is 3.51. The quantitative estimate of drug-likeness (QED) is 0.431. The number of nitrogens with zero attached hydrogens (tertiary/aromatic N) is 1. The molecule has 1 heterocycles. The third kappa shape index (κ3) is 1.72. The molecule has 1 aliphatic rings. The second-order valence-electron chi connectivity index (χ2n) is 2.63. The average Bonchev–Trinajstić information content (AvgIpc) is 2.30. The van der Waals surface area contributed by atoms with Crippen LogP contribution >= 0.6 is 0 Å². The molecule has 12 heavy (non-hydrogen) atoms. The van der Waals surface area contributed by atoms with Gasteiger partial charge in [0.05, 0.1) is 0 Å². The highest BCUT2D eigenvalue weighted by atomic mass is 16.2. The zero-order valence-corrected chi connectivity index (χ0v) is 6.83. The topological polar surface area (TPSA) is 87.5 Å². The molecule has 0 aromatic carbocycles. The third-order valence-corrected chi connectivity index (χ3v) is 1.68. The molecule has 68 valence electrons. The number of rotatable bonds is 3. The van der Waals surface area contributed by atoms with Gasteiger partial charge in [-0.1, -0.05) is 0 Å². The van der Waals surface area contributed by atoms with Crippen molar-refractivity contribution in [1.82, 2.24) is 15.5 Å². The molecular formula is C6H12N4O2. The van der Waals surface area contributed by atoms with Crippen molar-refractivity contribution in [3.05, 3.63) is 0 Å². The van der Waals surface area contributed by atoms with E-state index >= 15 is 0 Å². The smallest absolute Gasteiger partial charge is 0.323 e. The van der Waals surface area contributed by atoms with Gasteiger partial charge in [-0.05, 0) is 7.05 Å². The van der Waals surface area contributed by atoms with Crippen molar-refractivity contribution in [1.29, 1.82) is 0 Å². The number of nitrogens with one attached hydrogen (secondary N) is 2. The highest BCUT2D eigenvalue weighted by Crippen LogP contribution is 1.97. The lowest BCUT2D eigenvalue weighted by Crippen LogP contribution is -2.46. The first kappa shape index (κ1) is 8.95. The van der Waals surface area contributed by atoms with E-state index in [1.54, 1.807) is 11.9 Å². The van der Waals surface area contributed by atoms with Crippen molar-refractivity contribution in [2.45, 2.75) is 6.17 Å². The largest absolute Gasteiger partial charge is 0.329 e. The molecule has 0 aromatic heterocycles. The lowest BCUT2D eigenvalue weighted by atomic mass is 10.4. The maximum absolute atomic E-state index is 11.0. The molecule has 1 rings (SSSR count). The number of nitrogens with two attached hydrogens (primary N) is 1. The van der Waals surface area contributed by atoms with Crippen LogP contribution in [0, 0.1) is 0 Å².